The second kappa shape index (κ2) is 7.04. The summed E-state index contributed by atoms with van der Waals surface area (Å²) in [5, 5.41) is 8.50. The number of halogens is 1. The Bertz CT molecular complexity index is 340. The molecule has 0 aliphatic rings. The molecule has 0 aliphatic heterocycles. The van der Waals surface area contributed by atoms with Crippen LogP contribution in [-0.4, -0.2) is 29.6 Å². The zero-order valence-electron chi connectivity index (χ0n) is 9.28. The van der Waals surface area contributed by atoms with Crippen LogP contribution in [0.4, 0.5) is 0 Å². The maximum absolute atomic E-state index is 10.3. The molecule has 1 aromatic heterocycles. The van der Waals surface area contributed by atoms with Crippen molar-refractivity contribution in [3.05, 3.63) is 20.8 Å². The number of carbonyl (C=O) groups is 1. The number of nitrogens with zero attached hydrogens (tertiary/aromatic N) is 1. The van der Waals surface area contributed by atoms with Gasteiger partial charge >= 0.3 is 5.97 Å². The molecule has 1 aromatic rings. The third kappa shape index (κ3) is 5.63. The fraction of sp³-hybridized carbons (Fsp3) is 0.545. The topological polar surface area (TPSA) is 40.5 Å². The largest absolute Gasteiger partial charge is 0.481 e. The van der Waals surface area contributed by atoms with Crippen molar-refractivity contribution in [3.8, 4) is 0 Å². The van der Waals surface area contributed by atoms with Gasteiger partial charge in [-0.15, -0.1) is 11.3 Å². The first-order valence-corrected chi connectivity index (χ1v) is 6.83. The van der Waals surface area contributed by atoms with Gasteiger partial charge < -0.3 is 10.0 Å². The van der Waals surface area contributed by atoms with E-state index in [4.69, 9.17) is 5.11 Å². The highest BCUT2D eigenvalue weighted by molar-refractivity contribution is 9.11. The van der Waals surface area contributed by atoms with Crippen molar-refractivity contribution < 1.29 is 9.90 Å². The van der Waals surface area contributed by atoms with Gasteiger partial charge in [0, 0.05) is 17.8 Å². The first kappa shape index (κ1) is 13.7. The highest BCUT2D eigenvalue weighted by Crippen LogP contribution is 2.22. The lowest BCUT2D eigenvalue weighted by atomic mass is 10.2. The Hall–Kier alpha value is -0.390. The molecule has 1 heterocycles. The summed E-state index contributed by atoms with van der Waals surface area (Å²) in [5.41, 5.74) is 0. The summed E-state index contributed by atoms with van der Waals surface area (Å²) in [5.74, 6) is -0.704. The molecular formula is C11H16BrNO2S. The number of hydrogen-bond acceptors (Lipinski definition) is 3. The minimum Gasteiger partial charge on any atom is -0.481 e. The smallest absolute Gasteiger partial charge is 0.303 e. The molecule has 0 amide bonds. The Labute approximate surface area is 108 Å². The minimum absolute atomic E-state index is 0.276. The van der Waals surface area contributed by atoms with E-state index in [2.05, 4.69) is 40.0 Å². The van der Waals surface area contributed by atoms with E-state index in [1.807, 2.05) is 0 Å². The second-order valence-corrected chi connectivity index (χ2v) is 6.34. The van der Waals surface area contributed by atoms with Crippen LogP contribution in [0.1, 0.15) is 24.1 Å². The molecule has 0 fully saturated rings. The van der Waals surface area contributed by atoms with Gasteiger partial charge in [-0.3, -0.25) is 4.79 Å². The summed E-state index contributed by atoms with van der Waals surface area (Å²) in [6.07, 6.45) is 1.97. The van der Waals surface area contributed by atoms with Gasteiger partial charge in [-0.1, -0.05) is 0 Å². The number of aliphatic carboxylic acids is 1. The van der Waals surface area contributed by atoms with Gasteiger partial charge in [0.15, 0.2) is 0 Å². The molecule has 3 nitrogen and oxygen atoms in total. The quantitative estimate of drug-likeness (QED) is 0.787. The van der Waals surface area contributed by atoms with Crippen molar-refractivity contribution in [1.82, 2.24) is 4.90 Å². The van der Waals surface area contributed by atoms with Crippen molar-refractivity contribution in [2.24, 2.45) is 0 Å². The van der Waals surface area contributed by atoms with E-state index < -0.39 is 5.97 Å². The average molecular weight is 306 g/mol. The standard InChI is InChI=1S/C11H16BrNO2S/c1-13(7-3-2-4-11(14)15)8-9-5-6-10(12)16-9/h5-6H,2-4,7-8H2,1H3,(H,14,15). The molecule has 0 saturated heterocycles. The van der Waals surface area contributed by atoms with Crippen molar-refractivity contribution in [2.75, 3.05) is 13.6 Å². The van der Waals surface area contributed by atoms with Crippen LogP contribution in [0.2, 0.25) is 0 Å². The number of hydrogen-bond donors (Lipinski definition) is 1. The third-order valence-corrected chi connectivity index (χ3v) is 3.84. The number of rotatable bonds is 7. The van der Waals surface area contributed by atoms with Crippen LogP contribution in [0.15, 0.2) is 15.9 Å². The molecule has 0 atom stereocenters. The van der Waals surface area contributed by atoms with Crippen LogP contribution in [0.25, 0.3) is 0 Å². The molecule has 0 spiro atoms. The first-order valence-electron chi connectivity index (χ1n) is 5.22. The molecule has 5 heteroatoms. The minimum atomic E-state index is -0.704. The van der Waals surface area contributed by atoms with Crippen LogP contribution in [0.5, 0.6) is 0 Å². The molecule has 0 saturated carbocycles. The fourth-order valence-corrected chi connectivity index (χ4v) is 3.00. The van der Waals surface area contributed by atoms with E-state index in [-0.39, 0.29) is 6.42 Å². The van der Waals surface area contributed by atoms with Crippen LogP contribution in [-0.2, 0) is 11.3 Å². The van der Waals surface area contributed by atoms with Gasteiger partial charge in [0.2, 0.25) is 0 Å². The Kier molecular flexibility index (Phi) is 6.01. The third-order valence-electron chi connectivity index (χ3n) is 2.24. The zero-order valence-corrected chi connectivity index (χ0v) is 11.7. The van der Waals surface area contributed by atoms with Gasteiger partial charge in [0.05, 0.1) is 3.79 Å². The van der Waals surface area contributed by atoms with E-state index >= 15 is 0 Å². The number of carboxylic acid groups (broad SMARTS) is 1. The summed E-state index contributed by atoms with van der Waals surface area (Å²) in [4.78, 5) is 13.9. The van der Waals surface area contributed by atoms with Gasteiger partial charge in [-0.25, -0.2) is 0 Å². The highest BCUT2D eigenvalue weighted by Gasteiger charge is 2.03. The van der Waals surface area contributed by atoms with E-state index in [0.29, 0.717) is 0 Å². The van der Waals surface area contributed by atoms with Crippen molar-refractivity contribution in [1.29, 1.82) is 0 Å². The average Bonchev–Trinajstić information content (AvgIpc) is 2.58. The predicted octanol–water partition coefficient (Wildman–Crippen LogP) is 3.20. The lowest BCUT2D eigenvalue weighted by Gasteiger charge is -2.14. The first-order chi connectivity index (χ1) is 7.58. The van der Waals surface area contributed by atoms with E-state index in [9.17, 15) is 4.79 Å². The molecule has 0 aromatic carbocycles. The van der Waals surface area contributed by atoms with E-state index in [1.54, 1.807) is 11.3 Å². The van der Waals surface area contributed by atoms with Gasteiger partial charge in [0.25, 0.3) is 0 Å². The molecule has 1 rings (SSSR count). The van der Waals surface area contributed by atoms with Crippen molar-refractivity contribution >= 4 is 33.2 Å². The van der Waals surface area contributed by atoms with Crippen molar-refractivity contribution in [3.63, 3.8) is 0 Å². The lowest BCUT2D eigenvalue weighted by Crippen LogP contribution is -2.18. The SMILES string of the molecule is CN(CCCCC(=O)O)Cc1ccc(Br)s1. The molecule has 16 heavy (non-hydrogen) atoms. The van der Waals surface area contributed by atoms with Crippen LogP contribution in [0.3, 0.4) is 0 Å². The van der Waals surface area contributed by atoms with Crippen LogP contribution < -0.4 is 0 Å². The number of thiophene rings is 1. The molecular weight excluding hydrogens is 290 g/mol. The Morgan fingerprint density at radius 2 is 2.25 bits per heavy atom. The summed E-state index contributed by atoms with van der Waals surface area (Å²) in [6, 6.07) is 4.17. The van der Waals surface area contributed by atoms with E-state index in [0.717, 1.165) is 29.7 Å². The Balaban J connectivity index is 2.16. The molecule has 0 aliphatic carbocycles. The summed E-state index contributed by atoms with van der Waals surface area (Å²) in [7, 11) is 2.06. The molecule has 0 radical (unpaired) electrons. The van der Waals surface area contributed by atoms with Crippen molar-refractivity contribution in [2.45, 2.75) is 25.8 Å². The lowest BCUT2D eigenvalue weighted by molar-refractivity contribution is -0.137. The zero-order chi connectivity index (χ0) is 12.0. The van der Waals surface area contributed by atoms with Crippen LogP contribution >= 0.6 is 27.3 Å². The molecule has 90 valence electrons. The molecule has 0 unspecified atom stereocenters. The molecule has 1 N–H and O–H groups in total. The Morgan fingerprint density at radius 1 is 1.50 bits per heavy atom. The maximum Gasteiger partial charge on any atom is 0.303 e. The predicted molar refractivity (Wildman–Crippen MR) is 69.8 cm³/mol. The van der Waals surface area contributed by atoms with Gasteiger partial charge in [0.1, 0.15) is 0 Å². The monoisotopic (exact) mass is 305 g/mol. The maximum atomic E-state index is 10.3. The fourth-order valence-electron chi connectivity index (χ4n) is 1.44. The van der Waals surface area contributed by atoms with Gasteiger partial charge in [-0.2, -0.15) is 0 Å². The van der Waals surface area contributed by atoms with Gasteiger partial charge in [-0.05, 0) is 54.5 Å². The second-order valence-electron chi connectivity index (χ2n) is 3.79. The molecule has 0 bridgehead atoms. The Morgan fingerprint density at radius 3 is 2.81 bits per heavy atom. The van der Waals surface area contributed by atoms with Crippen LogP contribution in [0, 0.1) is 0 Å². The van der Waals surface area contributed by atoms with E-state index in [1.165, 1.54) is 4.88 Å². The normalized spacial score (nSPS) is 10.9. The summed E-state index contributed by atoms with van der Waals surface area (Å²) in [6.45, 7) is 1.88. The summed E-state index contributed by atoms with van der Waals surface area (Å²) < 4.78 is 1.15. The number of unbranched alkanes of at least 4 members (excludes halogenated alkanes) is 1. The summed E-state index contributed by atoms with van der Waals surface area (Å²) >= 11 is 5.18. The number of carboxylic acids is 1. The highest BCUT2D eigenvalue weighted by atomic mass is 79.9.